The highest BCUT2D eigenvalue weighted by atomic mass is 32.1. The van der Waals surface area contributed by atoms with Crippen LogP contribution in [-0.4, -0.2) is 75.9 Å². The lowest BCUT2D eigenvalue weighted by Gasteiger charge is -2.48. The zero-order valence-electron chi connectivity index (χ0n) is 17.2. The summed E-state index contributed by atoms with van der Waals surface area (Å²) in [5, 5.41) is 20.4. The summed E-state index contributed by atoms with van der Waals surface area (Å²) in [6, 6.07) is 0. The second-order valence-corrected chi connectivity index (χ2v) is 8.41. The van der Waals surface area contributed by atoms with Crippen molar-refractivity contribution in [2.75, 3.05) is 37.7 Å². The Balaban J connectivity index is 0.000000339. The van der Waals surface area contributed by atoms with Crippen molar-refractivity contribution in [2.45, 2.75) is 45.0 Å². The van der Waals surface area contributed by atoms with Crippen LogP contribution >= 0.6 is 11.3 Å². The molecule has 2 aromatic rings. The first-order valence-electron chi connectivity index (χ1n) is 9.69. The number of morpholine rings is 1. The topological polar surface area (TPSA) is 105 Å². The average Bonchev–Trinajstić information content (AvgIpc) is 3.34. The van der Waals surface area contributed by atoms with Gasteiger partial charge in [-0.05, 0) is 26.7 Å². The summed E-state index contributed by atoms with van der Waals surface area (Å²) in [5.41, 5.74) is 3.89. The molecule has 9 nitrogen and oxygen atoms in total. The normalized spacial score (nSPS) is 22.3. The molecule has 2 saturated heterocycles. The summed E-state index contributed by atoms with van der Waals surface area (Å²) in [5.74, 6) is -1.83. The van der Waals surface area contributed by atoms with Crippen LogP contribution in [0, 0.1) is 13.8 Å². The maximum atomic E-state index is 10.6. The van der Waals surface area contributed by atoms with Gasteiger partial charge in [-0.3, -0.25) is 4.90 Å². The Kier molecular flexibility index (Phi) is 7.17. The molecule has 172 valence electrons. The number of carboxylic acids is 1. The van der Waals surface area contributed by atoms with Crippen LogP contribution in [0.15, 0.2) is 10.0 Å². The van der Waals surface area contributed by atoms with Crippen LogP contribution in [0.25, 0.3) is 0 Å². The molecule has 4 heterocycles. The van der Waals surface area contributed by atoms with E-state index in [0.29, 0.717) is 0 Å². The van der Waals surface area contributed by atoms with Crippen LogP contribution in [0.3, 0.4) is 0 Å². The molecule has 0 bridgehead atoms. The van der Waals surface area contributed by atoms with Gasteiger partial charge in [-0.15, -0.1) is 10.2 Å². The van der Waals surface area contributed by atoms with Crippen molar-refractivity contribution >= 4 is 22.4 Å². The summed E-state index contributed by atoms with van der Waals surface area (Å²) in [7, 11) is 0. The van der Waals surface area contributed by atoms with E-state index in [-0.39, 0.29) is 5.60 Å². The first kappa shape index (κ1) is 23.4. The maximum absolute atomic E-state index is 10.6. The van der Waals surface area contributed by atoms with E-state index in [0.717, 1.165) is 68.8 Å². The second kappa shape index (κ2) is 9.49. The summed E-state index contributed by atoms with van der Waals surface area (Å²) in [6.45, 7) is 9.46. The minimum absolute atomic E-state index is 0.110. The quantitative estimate of drug-likeness (QED) is 0.735. The van der Waals surface area contributed by atoms with Crippen molar-refractivity contribution in [3.8, 4) is 0 Å². The van der Waals surface area contributed by atoms with Crippen LogP contribution in [0.4, 0.5) is 18.3 Å². The summed E-state index contributed by atoms with van der Waals surface area (Å²) in [6.07, 6.45) is -2.86. The number of aromatic nitrogens is 3. The highest BCUT2D eigenvalue weighted by Crippen LogP contribution is 2.32. The minimum Gasteiger partial charge on any atom is -0.475 e. The molecule has 0 radical (unpaired) electrons. The summed E-state index contributed by atoms with van der Waals surface area (Å²) in [4.78, 5) is 13.7. The average molecular weight is 463 g/mol. The zero-order chi connectivity index (χ0) is 22.6. The van der Waals surface area contributed by atoms with E-state index in [4.69, 9.17) is 19.2 Å². The molecule has 0 aromatic carbocycles. The van der Waals surface area contributed by atoms with E-state index < -0.39 is 12.1 Å². The highest BCUT2D eigenvalue weighted by Gasteiger charge is 2.41. The number of alkyl halides is 3. The van der Waals surface area contributed by atoms with E-state index in [1.807, 2.05) is 13.8 Å². The lowest BCUT2D eigenvalue weighted by molar-refractivity contribution is -0.192. The molecule has 1 N–H and O–H groups in total. The van der Waals surface area contributed by atoms with Gasteiger partial charge in [0.05, 0.1) is 24.4 Å². The smallest absolute Gasteiger partial charge is 0.475 e. The molecule has 2 fully saturated rings. The van der Waals surface area contributed by atoms with Crippen LogP contribution < -0.4 is 4.90 Å². The van der Waals surface area contributed by atoms with Crippen LogP contribution in [-0.2, 0) is 16.1 Å². The number of piperidine rings is 1. The molecule has 0 amide bonds. The molecule has 1 spiro atoms. The van der Waals surface area contributed by atoms with E-state index in [2.05, 4.69) is 25.2 Å². The Labute approximate surface area is 180 Å². The van der Waals surface area contributed by atoms with E-state index in [1.54, 1.807) is 16.8 Å². The Morgan fingerprint density at radius 2 is 2.06 bits per heavy atom. The SMILES string of the molecule is Cc1noc(C)c1CN1CCOC2(CCCN(c3nncs3)C2)C1.O=C(O)C(F)(F)F. The number of aryl methyl sites for hydroxylation is 2. The number of hydrogen-bond donors (Lipinski definition) is 1. The predicted molar refractivity (Wildman–Crippen MR) is 105 cm³/mol. The molecule has 4 rings (SSSR count). The third-order valence-electron chi connectivity index (χ3n) is 5.29. The summed E-state index contributed by atoms with van der Waals surface area (Å²) >= 11 is 1.60. The number of rotatable bonds is 3. The first-order chi connectivity index (χ1) is 14.6. The largest absolute Gasteiger partial charge is 0.490 e. The Morgan fingerprint density at radius 1 is 1.32 bits per heavy atom. The highest BCUT2D eigenvalue weighted by molar-refractivity contribution is 7.13. The van der Waals surface area contributed by atoms with Crippen molar-refractivity contribution in [1.82, 2.24) is 20.3 Å². The molecule has 13 heteroatoms. The van der Waals surface area contributed by atoms with Gasteiger partial charge in [0.15, 0.2) is 0 Å². The van der Waals surface area contributed by atoms with Crippen molar-refractivity contribution in [2.24, 2.45) is 0 Å². The third kappa shape index (κ3) is 5.92. The monoisotopic (exact) mass is 463 g/mol. The van der Waals surface area contributed by atoms with Gasteiger partial charge in [0, 0.05) is 31.7 Å². The number of nitrogens with zero attached hydrogens (tertiary/aromatic N) is 5. The van der Waals surface area contributed by atoms with Gasteiger partial charge in [-0.25, -0.2) is 4.79 Å². The number of ether oxygens (including phenoxy) is 1. The van der Waals surface area contributed by atoms with Gasteiger partial charge < -0.3 is 19.3 Å². The van der Waals surface area contributed by atoms with Gasteiger partial charge in [-0.2, -0.15) is 13.2 Å². The van der Waals surface area contributed by atoms with Crippen LogP contribution in [0.5, 0.6) is 0 Å². The molecule has 31 heavy (non-hydrogen) atoms. The number of halogens is 3. The van der Waals surface area contributed by atoms with E-state index >= 15 is 0 Å². The maximum Gasteiger partial charge on any atom is 0.490 e. The van der Waals surface area contributed by atoms with E-state index in [9.17, 15) is 13.2 Å². The minimum atomic E-state index is -5.08. The predicted octanol–water partition coefficient (Wildman–Crippen LogP) is 2.65. The van der Waals surface area contributed by atoms with E-state index in [1.165, 1.54) is 5.56 Å². The first-order valence-corrected chi connectivity index (χ1v) is 10.6. The van der Waals surface area contributed by atoms with Gasteiger partial charge in [-0.1, -0.05) is 16.5 Å². The number of hydrogen-bond acceptors (Lipinski definition) is 9. The second-order valence-electron chi connectivity index (χ2n) is 7.59. The molecule has 2 aromatic heterocycles. The molecular weight excluding hydrogens is 439 g/mol. The number of carboxylic acid groups (broad SMARTS) is 1. The third-order valence-corrected chi connectivity index (χ3v) is 6.04. The van der Waals surface area contributed by atoms with Crippen molar-refractivity contribution in [3.63, 3.8) is 0 Å². The number of carbonyl (C=O) groups is 1. The molecule has 2 aliphatic heterocycles. The van der Waals surface area contributed by atoms with Crippen molar-refractivity contribution in [3.05, 3.63) is 22.5 Å². The molecule has 1 unspecified atom stereocenters. The Hall–Kier alpha value is -2.25. The lowest BCUT2D eigenvalue weighted by Crippen LogP contribution is -2.59. The standard InChI is InChI=1S/C16H23N5O2S.C2HF3O2/c1-12-14(13(2)23-19-12)8-20-6-7-22-16(9-20)4-3-5-21(10-16)15-18-17-11-24-15;3-2(4,5)1(6)7/h11H,3-10H2,1-2H3;(H,6,7). The fourth-order valence-corrected chi connectivity index (χ4v) is 4.41. The Bertz CT molecular complexity index is 853. The molecule has 0 saturated carbocycles. The van der Waals surface area contributed by atoms with Gasteiger partial charge >= 0.3 is 12.1 Å². The fourth-order valence-electron chi connectivity index (χ4n) is 3.82. The molecule has 0 aliphatic carbocycles. The zero-order valence-corrected chi connectivity index (χ0v) is 18.0. The fraction of sp³-hybridized carbons (Fsp3) is 0.667. The van der Waals surface area contributed by atoms with Gasteiger partial charge in [0.1, 0.15) is 11.3 Å². The Morgan fingerprint density at radius 3 is 2.65 bits per heavy atom. The number of anilines is 1. The van der Waals surface area contributed by atoms with Crippen LogP contribution in [0.1, 0.15) is 29.9 Å². The van der Waals surface area contributed by atoms with Crippen molar-refractivity contribution < 1.29 is 32.3 Å². The van der Waals surface area contributed by atoms with Gasteiger partial charge in [0.25, 0.3) is 0 Å². The molecule has 1 atom stereocenters. The molecule has 2 aliphatic rings. The lowest BCUT2D eigenvalue weighted by atomic mass is 9.90. The van der Waals surface area contributed by atoms with Crippen LogP contribution in [0.2, 0.25) is 0 Å². The summed E-state index contributed by atoms with van der Waals surface area (Å²) < 4.78 is 43.3. The molecular formula is C18H24F3N5O4S. The van der Waals surface area contributed by atoms with Gasteiger partial charge in [0.2, 0.25) is 5.13 Å². The number of aliphatic carboxylic acids is 1. The van der Waals surface area contributed by atoms with Crippen molar-refractivity contribution in [1.29, 1.82) is 0 Å².